The molecule has 0 radical (unpaired) electrons. The van der Waals surface area contributed by atoms with Crippen LogP contribution in [0.5, 0.6) is 0 Å². The van der Waals surface area contributed by atoms with Gasteiger partial charge in [-0.1, -0.05) is 46.8 Å². The van der Waals surface area contributed by atoms with Crippen LogP contribution in [-0.2, 0) is 4.79 Å². The molecular formula is C24H40N2O. The van der Waals surface area contributed by atoms with Crippen LogP contribution in [0.3, 0.4) is 0 Å². The number of carbonyl (C=O) groups excluding carboxylic acids is 1. The normalized spacial score (nSPS) is 46.3. The third-order valence-corrected chi connectivity index (χ3v) is 8.84. The Bertz CT molecular complexity index is 620. The molecule has 3 aliphatic carbocycles. The van der Waals surface area contributed by atoms with Gasteiger partial charge in [0.05, 0.1) is 0 Å². The molecule has 3 heteroatoms. The van der Waals surface area contributed by atoms with Gasteiger partial charge in [0.2, 0.25) is 5.91 Å². The number of nitrogens with one attached hydrogen (secondary N) is 2. The smallest absolute Gasteiger partial charge is 0.223 e. The van der Waals surface area contributed by atoms with Crippen LogP contribution in [0, 0.1) is 39.9 Å². The highest BCUT2D eigenvalue weighted by Crippen LogP contribution is 2.64. The lowest BCUT2D eigenvalue weighted by molar-refractivity contribution is -0.133. The van der Waals surface area contributed by atoms with Gasteiger partial charge in [-0.25, -0.2) is 0 Å². The van der Waals surface area contributed by atoms with Gasteiger partial charge in [-0.15, -0.1) is 0 Å². The van der Waals surface area contributed by atoms with E-state index in [1.165, 1.54) is 32.1 Å². The third kappa shape index (κ3) is 3.18. The predicted molar refractivity (Wildman–Crippen MR) is 111 cm³/mol. The van der Waals surface area contributed by atoms with E-state index in [4.69, 9.17) is 0 Å². The monoisotopic (exact) mass is 372 g/mol. The summed E-state index contributed by atoms with van der Waals surface area (Å²) in [5.74, 6) is 2.86. The van der Waals surface area contributed by atoms with E-state index in [1.54, 1.807) is 0 Å². The van der Waals surface area contributed by atoms with Crippen LogP contribution in [0.15, 0.2) is 12.2 Å². The van der Waals surface area contributed by atoms with Gasteiger partial charge < -0.3 is 10.6 Å². The van der Waals surface area contributed by atoms with E-state index in [2.05, 4.69) is 57.4 Å². The Morgan fingerprint density at radius 2 is 1.89 bits per heavy atom. The van der Waals surface area contributed by atoms with E-state index in [-0.39, 0.29) is 16.7 Å². The van der Waals surface area contributed by atoms with Crippen LogP contribution in [0.4, 0.5) is 0 Å². The summed E-state index contributed by atoms with van der Waals surface area (Å²) in [6, 6.07) is 0.653. The Hall–Kier alpha value is -0.830. The van der Waals surface area contributed by atoms with Gasteiger partial charge in [0.1, 0.15) is 0 Å². The number of rotatable bonds is 2. The van der Waals surface area contributed by atoms with Crippen molar-refractivity contribution in [3.05, 3.63) is 12.2 Å². The zero-order valence-electron chi connectivity index (χ0n) is 18.1. The van der Waals surface area contributed by atoms with Gasteiger partial charge in [-0.3, -0.25) is 4.79 Å². The number of fused-ring (bicyclic) bond motifs is 5. The van der Waals surface area contributed by atoms with E-state index in [1.807, 2.05) is 0 Å². The average Bonchev–Trinajstić information content (AvgIpc) is 2.96. The Kier molecular flexibility index (Phi) is 4.77. The third-order valence-electron chi connectivity index (χ3n) is 8.84. The van der Waals surface area contributed by atoms with Crippen molar-refractivity contribution in [2.24, 2.45) is 39.9 Å². The second-order valence-corrected chi connectivity index (χ2v) is 11.6. The van der Waals surface area contributed by atoms with E-state index in [0.717, 1.165) is 37.3 Å². The fourth-order valence-corrected chi connectivity index (χ4v) is 7.38. The van der Waals surface area contributed by atoms with Crippen molar-refractivity contribution in [3.63, 3.8) is 0 Å². The summed E-state index contributed by atoms with van der Waals surface area (Å²) in [5, 5.41) is 7.06. The highest BCUT2D eigenvalue weighted by atomic mass is 16.1. The van der Waals surface area contributed by atoms with Crippen LogP contribution >= 0.6 is 0 Å². The van der Waals surface area contributed by atoms with Gasteiger partial charge in [-0.2, -0.15) is 0 Å². The molecule has 0 saturated heterocycles. The largest absolute Gasteiger partial charge is 0.355 e. The van der Waals surface area contributed by atoms with Gasteiger partial charge in [0.15, 0.2) is 0 Å². The molecule has 0 aromatic rings. The van der Waals surface area contributed by atoms with Crippen LogP contribution in [0.25, 0.3) is 0 Å². The topological polar surface area (TPSA) is 41.1 Å². The van der Waals surface area contributed by atoms with Crippen molar-refractivity contribution in [2.75, 3.05) is 13.1 Å². The summed E-state index contributed by atoms with van der Waals surface area (Å²) in [6.07, 6.45) is 12.4. The molecule has 0 aromatic carbocycles. The Balaban J connectivity index is 1.52. The van der Waals surface area contributed by atoms with Crippen molar-refractivity contribution in [1.29, 1.82) is 0 Å². The predicted octanol–water partition coefficient (Wildman–Crippen LogP) is 4.54. The minimum absolute atomic E-state index is 0.152. The van der Waals surface area contributed by atoms with Gasteiger partial charge in [-0.05, 0) is 67.1 Å². The second-order valence-electron chi connectivity index (χ2n) is 11.6. The van der Waals surface area contributed by atoms with E-state index in [9.17, 15) is 4.79 Å². The van der Waals surface area contributed by atoms with Crippen LogP contribution in [-0.4, -0.2) is 25.0 Å². The van der Waals surface area contributed by atoms with Crippen molar-refractivity contribution >= 4 is 5.91 Å². The fourth-order valence-electron chi connectivity index (χ4n) is 7.38. The number of amides is 1. The van der Waals surface area contributed by atoms with Crippen LogP contribution < -0.4 is 10.6 Å². The molecule has 1 aliphatic heterocycles. The molecule has 0 unspecified atom stereocenters. The standard InChI is InChI=1S/C24H40N2O/c1-22(2,3)15-26-21(27)19-9-8-17-16-7-10-20-24(5,12-6-14-25-20)18(16)11-13-23(17,19)4/h6,12,16-20,25H,7-11,13-15H2,1-5H3,(H,26,27)/t16-,17-,18-,19+,20+,23-,24+/m0/s1. The molecular weight excluding hydrogens is 332 g/mol. The zero-order valence-corrected chi connectivity index (χ0v) is 18.1. The molecule has 1 heterocycles. The number of hydrogen-bond acceptors (Lipinski definition) is 2. The minimum atomic E-state index is 0.152. The number of carbonyl (C=O) groups is 1. The molecule has 4 aliphatic rings. The fraction of sp³-hybridized carbons (Fsp3) is 0.875. The Labute approximate surface area is 166 Å². The molecule has 3 fully saturated rings. The minimum Gasteiger partial charge on any atom is -0.355 e. The molecule has 0 bridgehead atoms. The number of hydrogen-bond donors (Lipinski definition) is 2. The lowest BCUT2D eigenvalue weighted by Crippen LogP contribution is -2.58. The molecule has 1 amide bonds. The van der Waals surface area contributed by atoms with Crippen molar-refractivity contribution in [1.82, 2.24) is 10.6 Å². The molecule has 3 nitrogen and oxygen atoms in total. The summed E-state index contributed by atoms with van der Waals surface area (Å²) in [5.41, 5.74) is 0.673. The first-order chi connectivity index (χ1) is 12.7. The Morgan fingerprint density at radius 3 is 2.63 bits per heavy atom. The molecule has 4 rings (SSSR count). The van der Waals surface area contributed by atoms with Crippen molar-refractivity contribution in [3.8, 4) is 0 Å². The molecule has 27 heavy (non-hydrogen) atoms. The van der Waals surface area contributed by atoms with Crippen molar-refractivity contribution < 1.29 is 4.79 Å². The van der Waals surface area contributed by atoms with Gasteiger partial charge in [0.25, 0.3) is 0 Å². The lowest BCUT2D eigenvalue weighted by Gasteiger charge is -2.59. The molecule has 2 N–H and O–H groups in total. The molecule has 7 atom stereocenters. The molecule has 3 saturated carbocycles. The average molecular weight is 373 g/mol. The quantitative estimate of drug-likeness (QED) is 0.699. The first-order valence-electron chi connectivity index (χ1n) is 11.3. The van der Waals surface area contributed by atoms with E-state index >= 15 is 0 Å². The molecule has 152 valence electrons. The first kappa shape index (κ1) is 19.5. The summed E-state index contributed by atoms with van der Waals surface area (Å²) >= 11 is 0. The second kappa shape index (κ2) is 6.61. The summed E-state index contributed by atoms with van der Waals surface area (Å²) in [4.78, 5) is 13.1. The maximum atomic E-state index is 13.1. The molecule has 0 aromatic heterocycles. The van der Waals surface area contributed by atoms with Crippen molar-refractivity contribution in [2.45, 2.75) is 79.2 Å². The van der Waals surface area contributed by atoms with Gasteiger partial charge >= 0.3 is 0 Å². The maximum absolute atomic E-state index is 13.1. The van der Waals surface area contributed by atoms with Gasteiger partial charge in [0, 0.05) is 30.5 Å². The molecule has 0 spiro atoms. The van der Waals surface area contributed by atoms with Crippen LogP contribution in [0.1, 0.15) is 73.1 Å². The highest BCUT2D eigenvalue weighted by molar-refractivity contribution is 5.80. The van der Waals surface area contributed by atoms with Crippen LogP contribution in [0.2, 0.25) is 0 Å². The van der Waals surface area contributed by atoms with E-state index in [0.29, 0.717) is 17.4 Å². The first-order valence-corrected chi connectivity index (χ1v) is 11.3. The maximum Gasteiger partial charge on any atom is 0.223 e. The summed E-state index contributed by atoms with van der Waals surface area (Å²) in [7, 11) is 0. The summed E-state index contributed by atoms with van der Waals surface area (Å²) in [6.45, 7) is 13.4. The highest BCUT2D eigenvalue weighted by Gasteiger charge is 2.60. The van der Waals surface area contributed by atoms with E-state index < -0.39 is 0 Å². The Morgan fingerprint density at radius 1 is 1.11 bits per heavy atom. The lowest BCUT2D eigenvalue weighted by atomic mass is 9.48. The summed E-state index contributed by atoms with van der Waals surface area (Å²) < 4.78 is 0. The zero-order chi connectivity index (χ0) is 19.4. The SMILES string of the molecule is CC(C)(C)CNC(=O)[C@H]1CC[C@H]2[C@@H]3CC[C@H]4NCC=C[C@]4(C)[C@H]3CC[C@]12C.